The maximum absolute atomic E-state index is 9.12. The summed E-state index contributed by atoms with van der Waals surface area (Å²) in [5, 5.41) is 9.96. The molecule has 0 aliphatic carbocycles. The first kappa shape index (κ1) is 12.1. The number of rotatable bonds is 3. The van der Waals surface area contributed by atoms with Crippen molar-refractivity contribution in [1.29, 1.82) is 0 Å². The second-order valence-corrected chi connectivity index (χ2v) is 5.17. The van der Waals surface area contributed by atoms with Crippen molar-refractivity contribution in [3.8, 4) is 0 Å². The summed E-state index contributed by atoms with van der Waals surface area (Å²) in [6.45, 7) is 2.08. The van der Waals surface area contributed by atoms with Gasteiger partial charge in [-0.15, -0.1) is 0 Å². The van der Waals surface area contributed by atoms with Crippen LogP contribution in [0.1, 0.15) is 11.1 Å². The van der Waals surface area contributed by atoms with Crippen LogP contribution >= 0.6 is 11.8 Å². The van der Waals surface area contributed by atoms with E-state index < -0.39 is 0 Å². The zero-order chi connectivity index (χ0) is 13.2. The van der Waals surface area contributed by atoms with Gasteiger partial charge in [-0.2, -0.15) is 0 Å². The topological polar surface area (TPSA) is 74.7 Å². The largest absolute Gasteiger partial charge is 0.392 e. The molecule has 0 bridgehead atoms. The smallest absolute Gasteiger partial charge is 0.181 e. The van der Waals surface area contributed by atoms with Crippen LogP contribution in [0.5, 0.6) is 0 Å². The number of fused-ring (bicyclic) bond motifs is 1. The Hall–Kier alpha value is -1.92. The van der Waals surface area contributed by atoms with Gasteiger partial charge < -0.3 is 10.1 Å². The van der Waals surface area contributed by atoms with E-state index in [1.165, 1.54) is 6.33 Å². The van der Waals surface area contributed by atoms with Crippen LogP contribution in [-0.2, 0) is 6.61 Å². The Bertz CT molecular complexity index is 725. The maximum atomic E-state index is 9.12. The molecule has 6 heteroatoms. The minimum Gasteiger partial charge on any atom is -0.392 e. The molecule has 0 aliphatic heterocycles. The number of hydrogen-bond acceptors (Lipinski definition) is 5. The zero-order valence-electron chi connectivity index (χ0n) is 10.3. The van der Waals surface area contributed by atoms with Crippen LogP contribution in [0.15, 0.2) is 40.8 Å². The Morgan fingerprint density at radius 2 is 2.16 bits per heavy atom. The zero-order valence-corrected chi connectivity index (χ0v) is 11.1. The van der Waals surface area contributed by atoms with E-state index in [0.29, 0.717) is 5.65 Å². The number of nitrogens with zero attached hydrogens (tertiary/aromatic N) is 3. The molecule has 0 atom stereocenters. The predicted molar refractivity (Wildman–Crippen MR) is 72.9 cm³/mol. The van der Waals surface area contributed by atoms with E-state index >= 15 is 0 Å². The highest BCUT2D eigenvalue weighted by molar-refractivity contribution is 7.99. The highest BCUT2D eigenvalue weighted by Crippen LogP contribution is 2.32. The second kappa shape index (κ2) is 4.99. The van der Waals surface area contributed by atoms with Gasteiger partial charge in [-0.3, -0.25) is 0 Å². The number of nitrogens with one attached hydrogen (secondary N) is 1. The lowest BCUT2D eigenvalue weighted by molar-refractivity contribution is 0.281. The van der Waals surface area contributed by atoms with Gasteiger partial charge >= 0.3 is 0 Å². The van der Waals surface area contributed by atoms with Gasteiger partial charge in [0, 0.05) is 4.90 Å². The molecule has 19 heavy (non-hydrogen) atoms. The van der Waals surface area contributed by atoms with Crippen molar-refractivity contribution in [2.45, 2.75) is 23.5 Å². The summed E-state index contributed by atoms with van der Waals surface area (Å²) in [6, 6.07) is 5.89. The van der Waals surface area contributed by atoms with Crippen molar-refractivity contribution in [1.82, 2.24) is 19.9 Å². The number of aromatic amines is 1. The first-order chi connectivity index (χ1) is 9.28. The van der Waals surface area contributed by atoms with Crippen molar-refractivity contribution in [2.24, 2.45) is 0 Å². The summed E-state index contributed by atoms with van der Waals surface area (Å²) >= 11 is 1.56. The molecule has 1 aromatic carbocycles. The summed E-state index contributed by atoms with van der Waals surface area (Å²) in [5.74, 6) is 0. The number of aromatic nitrogens is 4. The van der Waals surface area contributed by atoms with E-state index in [4.69, 9.17) is 5.11 Å². The molecule has 0 radical (unpaired) electrons. The molecule has 2 aromatic heterocycles. The lowest BCUT2D eigenvalue weighted by atomic mass is 10.1. The number of aryl methyl sites for hydroxylation is 1. The fraction of sp³-hybridized carbons (Fsp3) is 0.154. The molecular formula is C13H12N4OS. The van der Waals surface area contributed by atoms with Crippen LogP contribution in [0, 0.1) is 6.92 Å². The average Bonchev–Trinajstić information content (AvgIpc) is 2.90. The van der Waals surface area contributed by atoms with E-state index in [-0.39, 0.29) is 6.61 Å². The van der Waals surface area contributed by atoms with Crippen LogP contribution in [0.4, 0.5) is 0 Å². The van der Waals surface area contributed by atoms with E-state index in [9.17, 15) is 0 Å². The van der Waals surface area contributed by atoms with Crippen molar-refractivity contribution in [2.75, 3.05) is 0 Å². The van der Waals surface area contributed by atoms with Gasteiger partial charge in [0.15, 0.2) is 5.65 Å². The molecule has 0 saturated carbocycles. The Balaban J connectivity index is 1.99. The molecule has 0 unspecified atom stereocenters. The van der Waals surface area contributed by atoms with Crippen molar-refractivity contribution >= 4 is 22.9 Å². The van der Waals surface area contributed by atoms with E-state index in [1.54, 1.807) is 18.1 Å². The molecule has 3 aromatic rings. The first-order valence-electron chi connectivity index (χ1n) is 5.80. The number of aliphatic hydroxyl groups is 1. The maximum Gasteiger partial charge on any atom is 0.181 e. The third-order valence-electron chi connectivity index (χ3n) is 2.82. The fourth-order valence-electron chi connectivity index (χ4n) is 1.85. The van der Waals surface area contributed by atoms with Gasteiger partial charge in [0.2, 0.25) is 0 Å². The van der Waals surface area contributed by atoms with E-state index in [1.807, 2.05) is 25.1 Å². The quantitative estimate of drug-likeness (QED) is 0.716. The van der Waals surface area contributed by atoms with Crippen molar-refractivity contribution < 1.29 is 5.11 Å². The Kier molecular flexibility index (Phi) is 3.18. The minimum atomic E-state index is 0.0596. The standard InChI is InChI=1S/C13H12N4OS/c1-8-4-9(5-18)2-3-10(8)19-13-11-12(15-6-14-11)16-7-17-13/h2-4,6-7,18H,5H2,1H3,(H,14,15,16,17). The minimum absolute atomic E-state index is 0.0596. The second-order valence-electron chi connectivity index (χ2n) is 4.14. The average molecular weight is 272 g/mol. The molecule has 0 aliphatic rings. The van der Waals surface area contributed by atoms with Gasteiger partial charge in [-0.1, -0.05) is 23.9 Å². The lowest BCUT2D eigenvalue weighted by Gasteiger charge is -2.06. The van der Waals surface area contributed by atoms with Gasteiger partial charge in [0.05, 0.1) is 12.9 Å². The summed E-state index contributed by atoms with van der Waals surface area (Å²) < 4.78 is 0. The molecule has 3 rings (SSSR count). The van der Waals surface area contributed by atoms with Crippen LogP contribution in [0.25, 0.3) is 11.2 Å². The highest BCUT2D eigenvalue weighted by Gasteiger charge is 2.09. The number of aliphatic hydroxyl groups excluding tert-OH is 1. The molecule has 0 fully saturated rings. The molecular weight excluding hydrogens is 260 g/mol. The predicted octanol–water partition coefficient (Wildman–Crippen LogP) is 2.30. The van der Waals surface area contributed by atoms with Gasteiger partial charge in [-0.05, 0) is 24.1 Å². The summed E-state index contributed by atoms with van der Waals surface area (Å²) in [4.78, 5) is 16.7. The summed E-state index contributed by atoms with van der Waals surface area (Å²) in [6.07, 6.45) is 3.13. The van der Waals surface area contributed by atoms with Crippen LogP contribution in [0.3, 0.4) is 0 Å². The fourth-order valence-corrected chi connectivity index (χ4v) is 2.77. The van der Waals surface area contributed by atoms with Crippen LogP contribution in [-0.4, -0.2) is 25.0 Å². The van der Waals surface area contributed by atoms with E-state index in [2.05, 4.69) is 19.9 Å². The third-order valence-corrected chi connectivity index (χ3v) is 4.00. The number of benzene rings is 1. The lowest BCUT2D eigenvalue weighted by Crippen LogP contribution is -1.89. The Morgan fingerprint density at radius 1 is 1.26 bits per heavy atom. The number of H-pyrrole nitrogens is 1. The van der Waals surface area contributed by atoms with Gasteiger partial charge in [0.1, 0.15) is 16.9 Å². The Labute approximate surface area is 114 Å². The molecule has 2 heterocycles. The number of hydrogen-bond donors (Lipinski definition) is 2. The van der Waals surface area contributed by atoms with Crippen molar-refractivity contribution in [3.63, 3.8) is 0 Å². The molecule has 5 nitrogen and oxygen atoms in total. The van der Waals surface area contributed by atoms with Gasteiger partial charge in [0.25, 0.3) is 0 Å². The molecule has 2 N–H and O–H groups in total. The third kappa shape index (κ3) is 2.32. The van der Waals surface area contributed by atoms with Crippen LogP contribution in [0.2, 0.25) is 0 Å². The van der Waals surface area contributed by atoms with Crippen LogP contribution < -0.4 is 0 Å². The highest BCUT2D eigenvalue weighted by atomic mass is 32.2. The SMILES string of the molecule is Cc1cc(CO)ccc1Sc1ncnc2nc[nH]c12. The van der Waals surface area contributed by atoms with E-state index in [0.717, 1.165) is 26.6 Å². The molecule has 0 spiro atoms. The molecule has 0 saturated heterocycles. The summed E-state index contributed by atoms with van der Waals surface area (Å²) in [5.41, 5.74) is 3.54. The monoisotopic (exact) mass is 272 g/mol. The molecule has 96 valence electrons. The Morgan fingerprint density at radius 3 is 2.95 bits per heavy atom. The first-order valence-corrected chi connectivity index (χ1v) is 6.62. The summed E-state index contributed by atoms with van der Waals surface area (Å²) in [7, 11) is 0. The van der Waals surface area contributed by atoms with Gasteiger partial charge in [-0.25, -0.2) is 15.0 Å². The number of imidazole rings is 1. The normalized spacial score (nSPS) is 11.1. The molecule has 0 amide bonds. The van der Waals surface area contributed by atoms with Crippen molar-refractivity contribution in [3.05, 3.63) is 42.0 Å².